The Kier molecular flexibility index (Phi) is 4.84. The zero-order valence-corrected chi connectivity index (χ0v) is 13.6. The van der Waals surface area contributed by atoms with Crippen LogP contribution in [-0.2, 0) is 6.42 Å². The molecule has 0 spiro atoms. The summed E-state index contributed by atoms with van der Waals surface area (Å²) in [6, 6.07) is 11.0. The summed E-state index contributed by atoms with van der Waals surface area (Å²) in [5.74, 6) is 0.725. The summed E-state index contributed by atoms with van der Waals surface area (Å²) in [7, 11) is 1.60. The molecule has 0 N–H and O–H groups in total. The summed E-state index contributed by atoms with van der Waals surface area (Å²) in [5.41, 5.74) is 2.43. The van der Waals surface area contributed by atoms with Crippen molar-refractivity contribution in [2.75, 3.05) is 7.11 Å². The van der Waals surface area contributed by atoms with E-state index in [0.717, 1.165) is 15.6 Å². The Hall–Kier alpha value is -1.32. The molecular weight excluding hydrogens is 340 g/mol. The van der Waals surface area contributed by atoms with Crippen molar-refractivity contribution in [3.05, 3.63) is 62.6 Å². The van der Waals surface area contributed by atoms with Crippen LogP contribution in [-0.4, -0.2) is 12.9 Å². The number of halogens is 2. The predicted molar refractivity (Wildman–Crippen MR) is 84.9 cm³/mol. The molecule has 2 aromatic carbocycles. The first kappa shape index (κ1) is 15.1. The van der Waals surface area contributed by atoms with Crippen LogP contribution in [0.25, 0.3) is 0 Å². The Bertz CT molecular complexity index is 653. The summed E-state index contributed by atoms with van der Waals surface area (Å²) < 4.78 is 6.20. The second kappa shape index (κ2) is 6.42. The van der Waals surface area contributed by atoms with Crippen LogP contribution >= 0.6 is 27.5 Å². The highest BCUT2D eigenvalue weighted by atomic mass is 79.9. The van der Waals surface area contributed by atoms with E-state index in [4.69, 9.17) is 16.3 Å². The first-order chi connectivity index (χ1) is 9.51. The number of hydrogen-bond donors (Lipinski definition) is 0. The van der Waals surface area contributed by atoms with Crippen molar-refractivity contribution >= 4 is 33.3 Å². The summed E-state index contributed by atoms with van der Waals surface area (Å²) >= 11 is 9.47. The number of ether oxygens (including phenoxy) is 1. The minimum atomic E-state index is 0.0169. The van der Waals surface area contributed by atoms with Gasteiger partial charge in [0.05, 0.1) is 7.11 Å². The molecule has 0 amide bonds. The van der Waals surface area contributed by atoms with E-state index in [1.54, 1.807) is 19.2 Å². The smallest absolute Gasteiger partial charge is 0.167 e. The van der Waals surface area contributed by atoms with Gasteiger partial charge in [-0.3, -0.25) is 4.79 Å². The van der Waals surface area contributed by atoms with Gasteiger partial charge in [-0.25, -0.2) is 0 Å². The van der Waals surface area contributed by atoms with Crippen molar-refractivity contribution in [2.45, 2.75) is 13.3 Å². The molecule has 0 aromatic heterocycles. The molecule has 0 heterocycles. The van der Waals surface area contributed by atoms with Crippen LogP contribution in [0.4, 0.5) is 0 Å². The van der Waals surface area contributed by atoms with Crippen molar-refractivity contribution in [3.8, 4) is 5.75 Å². The standard InChI is InChI=1S/C16H14BrClO2/c1-10-3-4-11(8-14(10)18)15(19)9-12-7-13(17)5-6-16(12)20-2/h3-8H,9H2,1-2H3. The zero-order valence-electron chi connectivity index (χ0n) is 11.2. The average molecular weight is 354 g/mol. The molecule has 0 radical (unpaired) electrons. The van der Waals surface area contributed by atoms with Crippen LogP contribution in [0.5, 0.6) is 5.75 Å². The van der Waals surface area contributed by atoms with E-state index in [0.29, 0.717) is 16.3 Å². The van der Waals surface area contributed by atoms with Crippen molar-refractivity contribution in [1.29, 1.82) is 0 Å². The molecular formula is C16H14BrClO2. The van der Waals surface area contributed by atoms with E-state index in [-0.39, 0.29) is 12.2 Å². The molecule has 0 atom stereocenters. The highest BCUT2D eigenvalue weighted by Gasteiger charge is 2.12. The van der Waals surface area contributed by atoms with Gasteiger partial charge in [-0.2, -0.15) is 0 Å². The molecule has 0 saturated carbocycles. The maximum atomic E-state index is 12.3. The number of aryl methyl sites for hydroxylation is 1. The number of carbonyl (C=O) groups is 1. The fourth-order valence-electron chi connectivity index (χ4n) is 1.93. The highest BCUT2D eigenvalue weighted by molar-refractivity contribution is 9.10. The van der Waals surface area contributed by atoms with Gasteiger partial charge >= 0.3 is 0 Å². The Morgan fingerprint density at radius 2 is 2.00 bits per heavy atom. The number of hydrogen-bond acceptors (Lipinski definition) is 2. The van der Waals surface area contributed by atoms with Gasteiger partial charge in [0.2, 0.25) is 0 Å². The van der Waals surface area contributed by atoms with Crippen molar-refractivity contribution in [2.24, 2.45) is 0 Å². The van der Waals surface area contributed by atoms with Gasteiger partial charge in [-0.05, 0) is 36.8 Å². The van der Waals surface area contributed by atoms with Gasteiger partial charge in [0.25, 0.3) is 0 Å². The topological polar surface area (TPSA) is 26.3 Å². The largest absolute Gasteiger partial charge is 0.496 e. The second-order valence-corrected chi connectivity index (χ2v) is 5.84. The van der Waals surface area contributed by atoms with Crippen LogP contribution < -0.4 is 4.74 Å². The average Bonchev–Trinajstić information content (AvgIpc) is 2.42. The molecule has 0 aliphatic carbocycles. The molecule has 20 heavy (non-hydrogen) atoms. The first-order valence-electron chi connectivity index (χ1n) is 6.13. The van der Waals surface area contributed by atoms with Gasteiger partial charge in [0.15, 0.2) is 5.78 Å². The molecule has 0 unspecified atom stereocenters. The minimum Gasteiger partial charge on any atom is -0.496 e. The molecule has 2 nitrogen and oxygen atoms in total. The number of Topliss-reactive ketones (excluding diaryl/α,β-unsaturated/α-hetero) is 1. The molecule has 2 aromatic rings. The van der Waals surface area contributed by atoms with E-state index < -0.39 is 0 Å². The van der Waals surface area contributed by atoms with Crippen LogP contribution in [0.1, 0.15) is 21.5 Å². The third kappa shape index (κ3) is 3.41. The van der Waals surface area contributed by atoms with Gasteiger partial charge in [-0.1, -0.05) is 39.7 Å². The summed E-state index contributed by atoms with van der Waals surface area (Å²) in [6.07, 6.45) is 0.280. The number of benzene rings is 2. The monoisotopic (exact) mass is 352 g/mol. The second-order valence-electron chi connectivity index (χ2n) is 4.52. The lowest BCUT2D eigenvalue weighted by Crippen LogP contribution is -2.05. The van der Waals surface area contributed by atoms with Crippen LogP contribution in [0.2, 0.25) is 5.02 Å². The van der Waals surface area contributed by atoms with E-state index >= 15 is 0 Å². The van der Waals surface area contributed by atoms with E-state index in [1.807, 2.05) is 31.2 Å². The Labute approximate surface area is 131 Å². The quantitative estimate of drug-likeness (QED) is 0.735. The van der Waals surface area contributed by atoms with Crippen LogP contribution in [0.15, 0.2) is 40.9 Å². The van der Waals surface area contributed by atoms with Crippen LogP contribution in [0, 0.1) is 6.92 Å². The summed E-state index contributed by atoms with van der Waals surface area (Å²) in [5, 5.41) is 0.608. The predicted octanol–water partition coefficient (Wildman–Crippen LogP) is 4.84. The van der Waals surface area contributed by atoms with Gasteiger partial charge in [0.1, 0.15) is 5.75 Å². The number of methoxy groups -OCH3 is 1. The molecule has 0 aliphatic heterocycles. The third-order valence-corrected chi connectivity index (χ3v) is 3.99. The highest BCUT2D eigenvalue weighted by Crippen LogP contribution is 2.25. The molecule has 0 fully saturated rings. The first-order valence-corrected chi connectivity index (χ1v) is 7.30. The van der Waals surface area contributed by atoms with Gasteiger partial charge in [0, 0.05) is 27.0 Å². The molecule has 2 rings (SSSR count). The molecule has 104 valence electrons. The van der Waals surface area contributed by atoms with Gasteiger partial charge < -0.3 is 4.74 Å². The lowest BCUT2D eigenvalue weighted by Gasteiger charge is -2.09. The normalized spacial score (nSPS) is 10.4. The zero-order chi connectivity index (χ0) is 14.7. The number of rotatable bonds is 4. The van der Waals surface area contributed by atoms with E-state index in [9.17, 15) is 4.79 Å². The van der Waals surface area contributed by atoms with Crippen LogP contribution in [0.3, 0.4) is 0 Å². The molecule has 0 bridgehead atoms. The number of carbonyl (C=O) groups excluding carboxylic acids is 1. The Balaban J connectivity index is 2.27. The van der Waals surface area contributed by atoms with E-state index in [2.05, 4.69) is 15.9 Å². The lowest BCUT2D eigenvalue weighted by atomic mass is 10.0. The maximum absolute atomic E-state index is 12.3. The lowest BCUT2D eigenvalue weighted by molar-refractivity contribution is 0.0992. The molecule has 0 aliphatic rings. The van der Waals surface area contributed by atoms with Crippen molar-refractivity contribution < 1.29 is 9.53 Å². The third-order valence-electron chi connectivity index (χ3n) is 3.09. The van der Waals surface area contributed by atoms with Crippen molar-refractivity contribution in [3.63, 3.8) is 0 Å². The van der Waals surface area contributed by atoms with Crippen molar-refractivity contribution in [1.82, 2.24) is 0 Å². The maximum Gasteiger partial charge on any atom is 0.167 e. The fourth-order valence-corrected chi connectivity index (χ4v) is 2.52. The number of ketones is 1. The molecule has 4 heteroatoms. The summed E-state index contributed by atoms with van der Waals surface area (Å²) in [4.78, 5) is 12.3. The summed E-state index contributed by atoms with van der Waals surface area (Å²) in [6.45, 7) is 1.91. The van der Waals surface area contributed by atoms with E-state index in [1.165, 1.54) is 0 Å². The molecule has 0 saturated heterocycles. The fraction of sp³-hybridized carbons (Fsp3) is 0.188. The van der Waals surface area contributed by atoms with Gasteiger partial charge in [-0.15, -0.1) is 0 Å². The Morgan fingerprint density at radius 3 is 2.65 bits per heavy atom. The minimum absolute atomic E-state index is 0.0169. The Morgan fingerprint density at radius 1 is 1.25 bits per heavy atom. The SMILES string of the molecule is COc1ccc(Br)cc1CC(=O)c1ccc(C)c(Cl)c1.